The molecule has 0 aromatic carbocycles. The van der Waals surface area contributed by atoms with Crippen molar-refractivity contribution in [3.05, 3.63) is 0 Å². The zero-order valence-corrected chi connectivity index (χ0v) is 6.20. The van der Waals surface area contributed by atoms with E-state index in [1.165, 1.54) is 0 Å². The fourth-order valence-electron chi connectivity index (χ4n) is 0.0630. The predicted octanol–water partition coefficient (Wildman–Crippen LogP) is 0.123. The zero-order valence-electron chi connectivity index (χ0n) is 3.80. The molecule has 4 heteroatoms. The summed E-state index contributed by atoms with van der Waals surface area (Å²) in [5.41, 5.74) is 5.00. The lowest BCUT2D eigenvalue weighted by Crippen LogP contribution is -2.20. The normalized spacial score (nSPS) is 12.4. The molecule has 7 heavy (non-hydrogen) atoms. The minimum absolute atomic E-state index is 0. The molecule has 0 radical (unpaired) electrons. The van der Waals surface area contributed by atoms with Crippen molar-refractivity contribution in [2.24, 2.45) is 5.73 Å². The van der Waals surface area contributed by atoms with Gasteiger partial charge in [0.25, 0.3) is 0 Å². The first-order valence-corrected chi connectivity index (χ1v) is 2.87. The molecule has 0 amide bonds. The summed E-state index contributed by atoms with van der Waals surface area (Å²) in [5, 5.41) is 9.07. The van der Waals surface area contributed by atoms with Gasteiger partial charge in [0.15, 0.2) is 0 Å². The summed E-state index contributed by atoms with van der Waals surface area (Å²) in [5.74, 6) is 0. The molecule has 0 bridgehead atoms. The largest absolute Gasteiger partial charge is 0.391 e. The third-order valence-corrected chi connectivity index (χ3v) is 1.20. The first kappa shape index (κ1) is 10.6. The van der Waals surface area contributed by atoms with Crippen LogP contribution in [0.2, 0.25) is 0 Å². The van der Waals surface area contributed by atoms with Crippen LogP contribution in [0, 0.1) is 0 Å². The van der Waals surface area contributed by atoms with Crippen LogP contribution in [0.3, 0.4) is 0 Å². The number of aliphatic hydroxyl groups is 1. The van der Waals surface area contributed by atoms with Crippen LogP contribution in [0.15, 0.2) is 0 Å². The molecule has 2 nitrogen and oxygen atoms in total. The van der Waals surface area contributed by atoms with Crippen molar-refractivity contribution in [1.82, 2.24) is 0 Å². The van der Waals surface area contributed by atoms with E-state index in [1.54, 1.807) is 0 Å². The van der Waals surface area contributed by atoms with Gasteiger partial charge in [-0.25, -0.2) is 0 Å². The predicted molar refractivity (Wildman–Crippen MR) is 36.1 cm³/mol. The van der Waals surface area contributed by atoms with Gasteiger partial charge in [-0.3, -0.25) is 0 Å². The van der Waals surface area contributed by atoms with E-state index in [9.17, 15) is 0 Å². The summed E-state index contributed by atoms with van der Waals surface area (Å²) in [4.78, 5) is 0. The van der Waals surface area contributed by atoms with Crippen molar-refractivity contribution in [2.45, 2.75) is 6.10 Å². The van der Waals surface area contributed by atoms with Gasteiger partial charge < -0.3 is 10.8 Å². The minimum Gasteiger partial charge on any atom is -0.391 e. The minimum atomic E-state index is -0.370. The van der Waals surface area contributed by atoms with Gasteiger partial charge >= 0.3 is 0 Å². The molecule has 1 atom stereocenters. The summed E-state index contributed by atoms with van der Waals surface area (Å²) in [6.07, 6.45) is -0.370. The number of alkyl halides is 1. The van der Waals surface area contributed by atoms with Crippen LogP contribution >= 0.6 is 28.3 Å². The highest BCUT2D eigenvalue weighted by atomic mass is 79.9. The number of aliphatic hydroxyl groups excluding tert-OH is 1. The van der Waals surface area contributed by atoms with Crippen molar-refractivity contribution < 1.29 is 5.11 Å². The van der Waals surface area contributed by atoms with E-state index < -0.39 is 0 Å². The van der Waals surface area contributed by atoms with Gasteiger partial charge in [0.05, 0.1) is 6.10 Å². The standard InChI is InChI=1S/C3H8BrNO.ClH/c4-1-3(6)2-5;/h3,6H,1-2,5H2;1H. The summed E-state index contributed by atoms with van der Waals surface area (Å²) in [6, 6.07) is 0. The van der Waals surface area contributed by atoms with Crippen LogP contribution in [-0.4, -0.2) is 23.1 Å². The van der Waals surface area contributed by atoms with Crippen molar-refractivity contribution in [1.29, 1.82) is 0 Å². The molecule has 1 unspecified atom stereocenters. The highest BCUT2D eigenvalue weighted by Crippen LogP contribution is 1.84. The maximum absolute atomic E-state index is 8.49. The molecule has 3 N–H and O–H groups in total. The average Bonchev–Trinajstić information content (AvgIpc) is 1.65. The van der Waals surface area contributed by atoms with Crippen LogP contribution in [0.1, 0.15) is 0 Å². The Hall–Kier alpha value is 0.690. The van der Waals surface area contributed by atoms with Gasteiger partial charge in [0.2, 0.25) is 0 Å². The van der Waals surface area contributed by atoms with E-state index in [2.05, 4.69) is 15.9 Å². The van der Waals surface area contributed by atoms with Crippen LogP contribution in [0.5, 0.6) is 0 Å². The van der Waals surface area contributed by atoms with E-state index in [4.69, 9.17) is 10.8 Å². The number of nitrogens with two attached hydrogens (primary N) is 1. The van der Waals surface area contributed by atoms with E-state index in [0.717, 1.165) is 0 Å². The van der Waals surface area contributed by atoms with Gasteiger partial charge in [-0.05, 0) is 0 Å². The molecule has 0 heterocycles. The molecule has 0 saturated carbocycles. The Kier molecular flexibility index (Phi) is 10.2. The Balaban J connectivity index is 0. The van der Waals surface area contributed by atoms with Gasteiger partial charge in [0.1, 0.15) is 0 Å². The Labute approximate surface area is 57.6 Å². The lowest BCUT2D eigenvalue weighted by Gasteiger charge is -1.97. The maximum Gasteiger partial charge on any atom is 0.0759 e. The van der Waals surface area contributed by atoms with Crippen LogP contribution in [0.25, 0.3) is 0 Å². The summed E-state index contributed by atoms with van der Waals surface area (Å²) < 4.78 is 0. The van der Waals surface area contributed by atoms with E-state index in [1.807, 2.05) is 0 Å². The smallest absolute Gasteiger partial charge is 0.0759 e. The SMILES string of the molecule is Cl.NCC(O)CBr. The Morgan fingerprint density at radius 1 is 1.71 bits per heavy atom. The lowest BCUT2D eigenvalue weighted by atomic mass is 10.4. The topological polar surface area (TPSA) is 46.2 Å². The van der Waals surface area contributed by atoms with Crippen molar-refractivity contribution in [3.63, 3.8) is 0 Å². The van der Waals surface area contributed by atoms with Crippen LogP contribution in [-0.2, 0) is 0 Å². The van der Waals surface area contributed by atoms with E-state index >= 15 is 0 Å². The quantitative estimate of drug-likeness (QED) is 0.608. The highest BCUT2D eigenvalue weighted by molar-refractivity contribution is 9.09. The van der Waals surface area contributed by atoms with Gasteiger partial charge in [-0.1, -0.05) is 15.9 Å². The summed E-state index contributed by atoms with van der Waals surface area (Å²) in [6.45, 7) is 0.339. The molecule has 0 aliphatic carbocycles. The fourth-order valence-corrected chi connectivity index (χ4v) is 0.327. The van der Waals surface area contributed by atoms with Crippen LogP contribution < -0.4 is 5.73 Å². The highest BCUT2D eigenvalue weighted by Gasteiger charge is 1.92. The summed E-state index contributed by atoms with van der Waals surface area (Å²) in [7, 11) is 0. The Morgan fingerprint density at radius 2 is 2.14 bits per heavy atom. The van der Waals surface area contributed by atoms with E-state index in [0.29, 0.717) is 11.9 Å². The third kappa shape index (κ3) is 6.69. The lowest BCUT2D eigenvalue weighted by molar-refractivity contribution is 0.209. The van der Waals surface area contributed by atoms with Gasteiger partial charge in [0, 0.05) is 11.9 Å². The maximum atomic E-state index is 8.49. The molecule has 0 aromatic heterocycles. The number of hydrogen-bond acceptors (Lipinski definition) is 2. The summed E-state index contributed by atoms with van der Waals surface area (Å²) >= 11 is 3.04. The molecular formula is C3H9BrClNO. The Bertz CT molecular complexity index is 34.1. The van der Waals surface area contributed by atoms with Crippen LogP contribution in [0.4, 0.5) is 0 Å². The molecular weight excluding hydrogens is 181 g/mol. The number of hydrogen-bond donors (Lipinski definition) is 2. The average molecular weight is 190 g/mol. The Morgan fingerprint density at radius 3 is 2.14 bits per heavy atom. The first-order valence-electron chi connectivity index (χ1n) is 1.75. The zero-order chi connectivity index (χ0) is 4.99. The number of halogens is 2. The van der Waals surface area contributed by atoms with Crippen molar-refractivity contribution >= 4 is 28.3 Å². The molecule has 0 saturated heterocycles. The van der Waals surface area contributed by atoms with Gasteiger partial charge in [-0.15, -0.1) is 12.4 Å². The molecule has 0 spiro atoms. The monoisotopic (exact) mass is 189 g/mol. The molecule has 0 aliphatic rings. The van der Waals surface area contributed by atoms with E-state index in [-0.39, 0.29) is 18.5 Å². The second kappa shape index (κ2) is 6.69. The fraction of sp³-hybridized carbons (Fsp3) is 1.00. The van der Waals surface area contributed by atoms with Gasteiger partial charge in [-0.2, -0.15) is 0 Å². The second-order valence-electron chi connectivity index (χ2n) is 1.04. The third-order valence-electron chi connectivity index (χ3n) is 0.450. The van der Waals surface area contributed by atoms with Crippen molar-refractivity contribution in [3.8, 4) is 0 Å². The molecule has 46 valence electrons. The molecule has 0 rings (SSSR count). The molecule has 0 aromatic rings. The first-order chi connectivity index (χ1) is 2.81. The number of rotatable bonds is 2. The molecule has 0 fully saturated rings. The second-order valence-corrected chi connectivity index (χ2v) is 1.69. The molecule has 0 aliphatic heterocycles. The van der Waals surface area contributed by atoms with Crippen molar-refractivity contribution in [2.75, 3.05) is 11.9 Å².